The first kappa shape index (κ1) is 16.4. The summed E-state index contributed by atoms with van der Waals surface area (Å²) in [6.07, 6.45) is 2.67. The van der Waals surface area contributed by atoms with Crippen molar-refractivity contribution in [1.29, 1.82) is 0 Å². The summed E-state index contributed by atoms with van der Waals surface area (Å²) in [7, 11) is 1.73. The lowest BCUT2D eigenvalue weighted by Gasteiger charge is -2.40. The van der Waals surface area contributed by atoms with Crippen LogP contribution >= 0.6 is 0 Å². The molecule has 2 aliphatic rings. The van der Waals surface area contributed by atoms with Gasteiger partial charge in [0.2, 0.25) is 5.91 Å². The Hall–Kier alpha value is -2.51. The molecule has 4 N–H and O–H groups in total. The van der Waals surface area contributed by atoms with Crippen LogP contribution in [0.5, 0.6) is 0 Å². The van der Waals surface area contributed by atoms with Crippen molar-refractivity contribution < 1.29 is 14.0 Å². The van der Waals surface area contributed by atoms with Crippen molar-refractivity contribution in [2.24, 2.45) is 16.1 Å². The maximum Gasteiger partial charge on any atom is 0.284 e. The highest BCUT2D eigenvalue weighted by Crippen LogP contribution is 2.35. The van der Waals surface area contributed by atoms with Gasteiger partial charge < -0.3 is 25.7 Å². The second-order valence-electron chi connectivity index (χ2n) is 6.51. The van der Waals surface area contributed by atoms with Crippen molar-refractivity contribution in [3.8, 4) is 0 Å². The number of amides is 2. The van der Waals surface area contributed by atoms with Gasteiger partial charge in [-0.3, -0.25) is 14.6 Å². The van der Waals surface area contributed by atoms with Crippen LogP contribution in [0.4, 0.5) is 0 Å². The number of carbonyl (C=O) groups is 2. The van der Waals surface area contributed by atoms with Gasteiger partial charge in [0.1, 0.15) is 5.76 Å². The number of primary amides is 1. The molecule has 8 heteroatoms. The maximum absolute atomic E-state index is 11.6. The molecule has 8 nitrogen and oxygen atoms in total. The molecule has 3 rings (SSSR count). The smallest absolute Gasteiger partial charge is 0.284 e. The Labute approximate surface area is 140 Å². The van der Waals surface area contributed by atoms with Gasteiger partial charge in [0.25, 0.3) is 5.91 Å². The number of guanidine groups is 1. The molecule has 0 aromatic carbocycles. The van der Waals surface area contributed by atoms with Crippen LogP contribution in [0.1, 0.15) is 35.6 Å². The maximum atomic E-state index is 11.6. The van der Waals surface area contributed by atoms with Gasteiger partial charge in [-0.15, -0.1) is 0 Å². The van der Waals surface area contributed by atoms with E-state index in [0.29, 0.717) is 18.7 Å². The first-order valence-electron chi connectivity index (χ1n) is 8.12. The van der Waals surface area contributed by atoms with Gasteiger partial charge in [0, 0.05) is 38.5 Å². The third kappa shape index (κ3) is 3.37. The molecule has 2 aliphatic heterocycles. The third-order valence-electron chi connectivity index (χ3n) is 4.69. The molecule has 0 bridgehead atoms. The normalized spacial score (nSPS) is 24.3. The first-order chi connectivity index (χ1) is 11.5. The fourth-order valence-corrected chi connectivity index (χ4v) is 3.53. The van der Waals surface area contributed by atoms with Crippen molar-refractivity contribution in [3.05, 3.63) is 23.7 Å². The van der Waals surface area contributed by atoms with E-state index < -0.39 is 5.91 Å². The predicted octanol–water partition coefficient (Wildman–Crippen LogP) is 0.0560. The van der Waals surface area contributed by atoms with Crippen molar-refractivity contribution in [2.45, 2.75) is 25.8 Å². The van der Waals surface area contributed by atoms with Gasteiger partial charge in [-0.2, -0.15) is 0 Å². The van der Waals surface area contributed by atoms with Crippen LogP contribution in [0.15, 0.2) is 21.5 Å². The number of nitrogens with two attached hydrogens (primary N) is 1. The minimum Gasteiger partial charge on any atom is -0.454 e. The van der Waals surface area contributed by atoms with E-state index in [1.165, 1.54) is 0 Å². The van der Waals surface area contributed by atoms with E-state index >= 15 is 0 Å². The van der Waals surface area contributed by atoms with E-state index in [1.54, 1.807) is 19.2 Å². The Morgan fingerprint density at radius 3 is 3.00 bits per heavy atom. The summed E-state index contributed by atoms with van der Waals surface area (Å²) >= 11 is 0. The number of nitrogens with zero attached hydrogens (tertiary/aromatic N) is 2. The van der Waals surface area contributed by atoms with E-state index in [-0.39, 0.29) is 17.1 Å². The highest BCUT2D eigenvalue weighted by atomic mass is 16.3. The average Bonchev–Trinajstić information content (AvgIpc) is 3.16. The summed E-state index contributed by atoms with van der Waals surface area (Å²) in [6, 6.07) is 3.28. The number of likely N-dealkylation sites (tertiary alicyclic amines) is 1. The zero-order chi connectivity index (χ0) is 17.2. The number of hydrogen-bond acceptors (Lipinski definition) is 4. The van der Waals surface area contributed by atoms with Crippen LogP contribution < -0.4 is 16.4 Å². The van der Waals surface area contributed by atoms with Gasteiger partial charge in [-0.25, -0.2) is 0 Å². The van der Waals surface area contributed by atoms with Crippen molar-refractivity contribution in [1.82, 2.24) is 15.5 Å². The number of aliphatic imine (C=N–C) groups is 1. The Morgan fingerprint density at radius 2 is 2.38 bits per heavy atom. The van der Waals surface area contributed by atoms with E-state index in [9.17, 15) is 9.59 Å². The lowest BCUT2D eigenvalue weighted by atomic mass is 9.79. The molecule has 1 aromatic rings. The van der Waals surface area contributed by atoms with Crippen molar-refractivity contribution in [2.75, 3.05) is 26.7 Å². The predicted molar refractivity (Wildman–Crippen MR) is 88.3 cm³/mol. The monoisotopic (exact) mass is 333 g/mol. The standard InChI is InChI=1S/C16H23N5O3/c1-18-15(19-8-11-3-4-12(24-11)14(17)23)21-6-2-5-16(10-21)7-13(22)20-9-16/h3-4H,2,5-10H2,1H3,(H2,17,23)(H,18,19)(H,20,22). The highest BCUT2D eigenvalue weighted by molar-refractivity contribution is 5.89. The zero-order valence-corrected chi connectivity index (χ0v) is 13.8. The Kier molecular flexibility index (Phi) is 4.46. The van der Waals surface area contributed by atoms with Crippen molar-refractivity contribution >= 4 is 17.8 Å². The molecular formula is C16H23N5O3. The van der Waals surface area contributed by atoms with E-state index in [4.69, 9.17) is 10.2 Å². The third-order valence-corrected chi connectivity index (χ3v) is 4.69. The van der Waals surface area contributed by atoms with E-state index in [1.807, 2.05) is 0 Å². The molecule has 1 aromatic heterocycles. The number of carbonyl (C=O) groups excluding carboxylic acids is 2. The molecule has 0 aliphatic carbocycles. The number of nitrogens with one attached hydrogen (secondary N) is 2. The molecule has 2 amide bonds. The summed E-state index contributed by atoms with van der Waals surface area (Å²) in [5, 5.41) is 6.19. The van der Waals surface area contributed by atoms with Gasteiger partial charge in [0.05, 0.1) is 6.54 Å². The number of hydrogen-bond donors (Lipinski definition) is 3. The largest absolute Gasteiger partial charge is 0.454 e. The minimum absolute atomic E-state index is 0.0107. The lowest BCUT2D eigenvalue weighted by Crippen LogP contribution is -2.51. The van der Waals surface area contributed by atoms with Crippen LogP contribution in [0.3, 0.4) is 0 Å². The summed E-state index contributed by atoms with van der Waals surface area (Å²) in [5.41, 5.74) is 5.20. The highest BCUT2D eigenvalue weighted by Gasteiger charge is 2.42. The van der Waals surface area contributed by atoms with Gasteiger partial charge >= 0.3 is 0 Å². The quantitative estimate of drug-likeness (QED) is 0.535. The van der Waals surface area contributed by atoms with Crippen LogP contribution in [0.25, 0.3) is 0 Å². The topological polar surface area (TPSA) is 113 Å². The Balaban J connectivity index is 1.61. The molecule has 1 spiro atoms. The van der Waals surface area contributed by atoms with Crippen LogP contribution in [-0.2, 0) is 11.3 Å². The SMILES string of the molecule is CN=C(NCc1ccc(C(N)=O)o1)N1CCCC2(CNC(=O)C2)C1. The molecule has 3 heterocycles. The molecule has 130 valence electrons. The summed E-state index contributed by atoms with van der Waals surface area (Å²) in [4.78, 5) is 29.2. The molecule has 0 radical (unpaired) electrons. The van der Waals surface area contributed by atoms with Gasteiger partial charge in [0.15, 0.2) is 11.7 Å². The lowest BCUT2D eigenvalue weighted by molar-refractivity contribution is -0.119. The van der Waals surface area contributed by atoms with Gasteiger partial charge in [-0.1, -0.05) is 0 Å². The van der Waals surface area contributed by atoms with Crippen LogP contribution in [-0.4, -0.2) is 49.4 Å². The molecule has 2 fully saturated rings. The molecular weight excluding hydrogens is 310 g/mol. The van der Waals surface area contributed by atoms with E-state index in [2.05, 4.69) is 20.5 Å². The molecule has 2 saturated heterocycles. The Morgan fingerprint density at radius 1 is 1.54 bits per heavy atom. The zero-order valence-electron chi connectivity index (χ0n) is 13.8. The minimum atomic E-state index is -0.581. The molecule has 1 unspecified atom stereocenters. The fraction of sp³-hybridized carbons (Fsp3) is 0.562. The number of furan rings is 1. The van der Waals surface area contributed by atoms with Crippen LogP contribution in [0, 0.1) is 5.41 Å². The Bertz CT molecular complexity index is 668. The first-order valence-corrected chi connectivity index (χ1v) is 8.12. The summed E-state index contributed by atoms with van der Waals surface area (Å²) < 4.78 is 5.37. The number of rotatable bonds is 3. The fourth-order valence-electron chi connectivity index (χ4n) is 3.53. The van der Waals surface area contributed by atoms with Crippen molar-refractivity contribution in [3.63, 3.8) is 0 Å². The molecule has 1 atom stereocenters. The molecule has 0 saturated carbocycles. The summed E-state index contributed by atoms with van der Waals surface area (Å²) in [6.45, 7) is 2.86. The second kappa shape index (κ2) is 6.54. The van der Waals surface area contributed by atoms with E-state index in [0.717, 1.165) is 38.4 Å². The van der Waals surface area contributed by atoms with Crippen LogP contribution in [0.2, 0.25) is 0 Å². The summed E-state index contributed by atoms with van der Waals surface area (Å²) in [5.74, 6) is 1.09. The molecule has 24 heavy (non-hydrogen) atoms. The number of piperidine rings is 1. The second-order valence-corrected chi connectivity index (χ2v) is 6.51. The average molecular weight is 333 g/mol. The van der Waals surface area contributed by atoms with Gasteiger partial charge in [-0.05, 0) is 25.0 Å².